The van der Waals surface area contributed by atoms with Crippen molar-refractivity contribution < 1.29 is 4.74 Å². The molecule has 0 unspecified atom stereocenters. The Bertz CT molecular complexity index is 1310. The number of rotatable bonds is 9. The van der Waals surface area contributed by atoms with Gasteiger partial charge in [0.1, 0.15) is 11.4 Å². The van der Waals surface area contributed by atoms with Gasteiger partial charge in [-0.15, -0.1) is 11.3 Å². The van der Waals surface area contributed by atoms with Gasteiger partial charge in [0.15, 0.2) is 5.82 Å². The van der Waals surface area contributed by atoms with Crippen LogP contribution in [0.4, 0.5) is 0 Å². The fraction of sp³-hybridized carbons (Fsp3) is 0.429. The van der Waals surface area contributed by atoms with Gasteiger partial charge in [0.2, 0.25) is 0 Å². The summed E-state index contributed by atoms with van der Waals surface area (Å²) in [5.41, 5.74) is 5.30. The van der Waals surface area contributed by atoms with Crippen LogP contribution in [-0.4, -0.2) is 71.1 Å². The lowest BCUT2D eigenvalue weighted by Gasteiger charge is -2.32. The van der Waals surface area contributed by atoms with Gasteiger partial charge in [-0.3, -0.25) is 0 Å². The third-order valence-corrected chi connectivity index (χ3v) is 7.67. The maximum absolute atomic E-state index is 6.28. The zero-order valence-corrected chi connectivity index (χ0v) is 22.8. The Morgan fingerprint density at radius 1 is 1.08 bits per heavy atom. The van der Waals surface area contributed by atoms with Crippen molar-refractivity contribution in [2.75, 3.05) is 46.4 Å². The van der Waals surface area contributed by atoms with Crippen molar-refractivity contribution in [1.82, 2.24) is 24.8 Å². The van der Waals surface area contributed by atoms with E-state index in [-0.39, 0.29) is 0 Å². The van der Waals surface area contributed by atoms with Gasteiger partial charge in [-0.05, 0) is 55.3 Å². The van der Waals surface area contributed by atoms with Crippen molar-refractivity contribution in [3.05, 3.63) is 62.9 Å². The summed E-state index contributed by atoms with van der Waals surface area (Å²) in [6.45, 7) is 10.7. The zero-order chi connectivity index (χ0) is 25.1. The minimum atomic E-state index is 0.459. The number of aromatic amines is 1. The Kier molecular flexibility index (Phi) is 7.91. The van der Waals surface area contributed by atoms with Crippen LogP contribution < -0.4 is 4.74 Å². The Hall–Kier alpha value is -2.45. The van der Waals surface area contributed by atoms with Gasteiger partial charge < -0.3 is 19.5 Å². The van der Waals surface area contributed by atoms with Gasteiger partial charge in [0, 0.05) is 55.1 Å². The van der Waals surface area contributed by atoms with Crippen molar-refractivity contribution >= 4 is 34.0 Å². The van der Waals surface area contributed by atoms with Gasteiger partial charge in [0.25, 0.3) is 0 Å². The van der Waals surface area contributed by atoms with Crippen LogP contribution in [0.25, 0.3) is 22.6 Å². The van der Waals surface area contributed by atoms with E-state index in [9.17, 15) is 0 Å². The van der Waals surface area contributed by atoms with E-state index in [0.29, 0.717) is 24.0 Å². The first-order valence-electron chi connectivity index (χ1n) is 12.7. The number of H-pyrrole nitrogens is 1. The first-order valence-corrected chi connectivity index (χ1v) is 13.9. The molecule has 190 valence electrons. The maximum atomic E-state index is 6.28. The summed E-state index contributed by atoms with van der Waals surface area (Å²) in [4.78, 5) is 18.1. The first-order chi connectivity index (χ1) is 17.4. The number of piperazine rings is 1. The molecule has 4 aromatic rings. The van der Waals surface area contributed by atoms with Gasteiger partial charge in [0.05, 0.1) is 22.6 Å². The summed E-state index contributed by atoms with van der Waals surface area (Å²) in [5.74, 6) is 2.14. The molecule has 1 aliphatic rings. The molecule has 1 aliphatic heterocycles. The minimum Gasteiger partial charge on any atom is -0.493 e. The fourth-order valence-corrected chi connectivity index (χ4v) is 5.44. The second-order valence-electron chi connectivity index (χ2n) is 10.1. The highest BCUT2D eigenvalue weighted by Gasteiger charge is 2.15. The number of benzene rings is 2. The highest BCUT2D eigenvalue weighted by atomic mass is 35.5. The zero-order valence-electron chi connectivity index (χ0n) is 21.3. The molecule has 36 heavy (non-hydrogen) atoms. The summed E-state index contributed by atoms with van der Waals surface area (Å²) in [6, 6.07) is 12.4. The van der Waals surface area contributed by atoms with Crippen molar-refractivity contribution in [2.45, 2.75) is 26.7 Å². The van der Waals surface area contributed by atoms with E-state index in [4.69, 9.17) is 26.3 Å². The molecule has 0 bridgehead atoms. The lowest BCUT2D eigenvalue weighted by atomic mass is 10.1. The Balaban J connectivity index is 1.27. The number of hydrogen-bond acceptors (Lipinski definition) is 6. The SMILES string of the molecule is CC(C)COc1ccc(Cl)cc1Cc1nc(-c2nc3ccc(CCN4CCN(C)CC4)cc3[nH]2)cs1. The summed E-state index contributed by atoms with van der Waals surface area (Å²) >= 11 is 7.92. The molecule has 8 heteroatoms. The van der Waals surface area contributed by atoms with E-state index in [1.165, 1.54) is 5.56 Å². The molecule has 0 amide bonds. The van der Waals surface area contributed by atoms with Gasteiger partial charge in [-0.1, -0.05) is 31.5 Å². The molecule has 0 spiro atoms. The van der Waals surface area contributed by atoms with Crippen molar-refractivity contribution in [1.29, 1.82) is 0 Å². The molecule has 3 heterocycles. The lowest BCUT2D eigenvalue weighted by molar-refractivity contribution is 0.155. The highest BCUT2D eigenvalue weighted by molar-refractivity contribution is 7.10. The van der Waals surface area contributed by atoms with Crippen LogP contribution in [-0.2, 0) is 12.8 Å². The smallest absolute Gasteiger partial charge is 0.158 e. The molecule has 5 rings (SSSR count). The van der Waals surface area contributed by atoms with E-state index < -0.39 is 0 Å². The monoisotopic (exact) mass is 523 g/mol. The van der Waals surface area contributed by atoms with Crippen LogP contribution >= 0.6 is 22.9 Å². The third-order valence-electron chi connectivity index (χ3n) is 6.59. The van der Waals surface area contributed by atoms with Crippen LogP contribution in [0.15, 0.2) is 41.8 Å². The Morgan fingerprint density at radius 2 is 1.92 bits per heavy atom. The number of aromatic nitrogens is 3. The van der Waals surface area contributed by atoms with E-state index in [0.717, 1.165) is 78.0 Å². The standard InChI is InChI=1S/C28H34ClN5OS/c1-19(2)17-35-26-7-5-22(29)15-21(26)16-27-30-25(18-36-27)28-31-23-6-4-20(14-24(23)32-28)8-9-34-12-10-33(3)11-13-34/h4-7,14-15,18-19H,8-13,16-17H2,1-3H3,(H,31,32). The largest absolute Gasteiger partial charge is 0.493 e. The normalized spacial score (nSPS) is 15.2. The number of thiazole rings is 1. The van der Waals surface area contributed by atoms with E-state index >= 15 is 0 Å². The number of ether oxygens (including phenoxy) is 1. The van der Waals surface area contributed by atoms with E-state index in [1.54, 1.807) is 11.3 Å². The number of nitrogens with one attached hydrogen (secondary N) is 1. The number of halogens is 1. The molecular formula is C28H34ClN5OS. The van der Waals surface area contributed by atoms with Gasteiger partial charge in [-0.2, -0.15) is 0 Å². The van der Waals surface area contributed by atoms with Crippen LogP contribution in [0.5, 0.6) is 5.75 Å². The molecule has 1 saturated heterocycles. The average Bonchev–Trinajstić information content (AvgIpc) is 3.49. The van der Waals surface area contributed by atoms with E-state index in [2.05, 4.69) is 59.3 Å². The van der Waals surface area contributed by atoms with Crippen molar-refractivity contribution in [3.8, 4) is 17.3 Å². The van der Waals surface area contributed by atoms with Crippen LogP contribution in [0, 0.1) is 5.92 Å². The molecule has 1 N–H and O–H groups in total. The molecule has 6 nitrogen and oxygen atoms in total. The Morgan fingerprint density at radius 3 is 2.72 bits per heavy atom. The van der Waals surface area contributed by atoms with Gasteiger partial charge >= 0.3 is 0 Å². The topological polar surface area (TPSA) is 57.3 Å². The predicted molar refractivity (Wildman–Crippen MR) is 149 cm³/mol. The number of imidazole rings is 1. The summed E-state index contributed by atoms with van der Waals surface area (Å²) in [7, 11) is 2.20. The molecular weight excluding hydrogens is 490 g/mol. The second kappa shape index (κ2) is 11.3. The maximum Gasteiger partial charge on any atom is 0.158 e. The average molecular weight is 524 g/mol. The quantitative estimate of drug-likeness (QED) is 0.302. The molecule has 2 aromatic carbocycles. The number of likely N-dealkylation sites (N-methyl/N-ethyl adjacent to an activating group) is 1. The second-order valence-corrected chi connectivity index (χ2v) is 11.5. The number of fused-ring (bicyclic) bond motifs is 1. The van der Waals surface area contributed by atoms with Crippen LogP contribution in [0.2, 0.25) is 5.02 Å². The first kappa shape index (κ1) is 25.2. The summed E-state index contributed by atoms with van der Waals surface area (Å²) < 4.78 is 6.03. The fourth-order valence-electron chi connectivity index (χ4n) is 4.44. The number of hydrogen-bond donors (Lipinski definition) is 1. The van der Waals surface area contributed by atoms with E-state index in [1.807, 2.05) is 18.2 Å². The Labute approximate surface area is 222 Å². The van der Waals surface area contributed by atoms with Gasteiger partial charge in [-0.25, -0.2) is 9.97 Å². The molecule has 1 fully saturated rings. The minimum absolute atomic E-state index is 0.459. The summed E-state index contributed by atoms with van der Waals surface area (Å²) in [6.07, 6.45) is 1.73. The predicted octanol–water partition coefficient (Wildman–Crippen LogP) is 5.76. The lowest BCUT2D eigenvalue weighted by Crippen LogP contribution is -2.45. The third kappa shape index (κ3) is 6.27. The molecule has 0 saturated carbocycles. The summed E-state index contributed by atoms with van der Waals surface area (Å²) in [5, 5.41) is 3.79. The number of nitrogens with zero attached hydrogens (tertiary/aromatic N) is 4. The molecule has 0 radical (unpaired) electrons. The van der Waals surface area contributed by atoms with Crippen molar-refractivity contribution in [2.24, 2.45) is 5.92 Å². The molecule has 2 aromatic heterocycles. The van der Waals surface area contributed by atoms with Crippen molar-refractivity contribution in [3.63, 3.8) is 0 Å². The van der Waals surface area contributed by atoms with Crippen LogP contribution in [0.1, 0.15) is 30.0 Å². The van der Waals surface area contributed by atoms with Crippen LogP contribution in [0.3, 0.4) is 0 Å². The highest BCUT2D eigenvalue weighted by Crippen LogP contribution is 2.29. The molecule has 0 atom stereocenters. The molecule has 0 aliphatic carbocycles.